The molecule has 0 spiro atoms. The van der Waals surface area contributed by atoms with Crippen LogP contribution in [0.3, 0.4) is 0 Å². The van der Waals surface area contributed by atoms with Crippen LogP contribution in [0, 0.1) is 0 Å². The number of carbonyl (C=O) groups excluding carboxylic acids is 1. The van der Waals surface area contributed by atoms with Crippen LogP contribution in [-0.2, 0) is 9.53 Å². The fraction of sp³-hybridized carbons (Fsp3) is 0.917. The minimum atomic E-state index is -1.17. The van der Waals surface area contributed by atoms with E-state index in [1.807, 2.05) is 0 Å². The summed E-state index contributed by atoms with van der Waals surface area (Å²) in [5.74, 6) is -0.122. The average molecular weight is 321 g/mol. The van der Waals surface area contributed by atoms with Crippen molar-refractivity contribution in [2.24, 2.45) is 0 Å². The van der Waals surface area contributed by atoms with Crippen molar-refractivity contribution in [3.63, 3.8) is 0 Å². The average Bonchev–Trinajstić information content (AvgIpc) is 2.20. The third kappa shape index (κ3) is 10.5. The number of unbranched alkanes of at least 4 members (excludes halogenated alkanes) is 2. The normalized spacial score (nSPS) is 10.7. The van der Waals surface area contributed by atoms with Gasteiger partial charge in [-0.05, 0) is 0 Å². The van der Waals surface area contributed by atoms with Crippen molar-refractivity contribution in [1.82, 2.24) is 0 Å². The minimum Gasteiger partial charge on any atom is -1.00 e. The Balaban J connectivity index is 0. The Labute approximate surface area is 103 Å². The van der Waals surface area contributed by atoms with Gasteiger partial charge in [-0.1, -0.05) is 0 Å². The summed E-state index contributed by atoms with van der Waals surface area (Å²) in [5, 5.41) is 0. The molecule has 15 heavy (non-hydrogen) atoms. The Hall–Kier alpha value is 0.269. The van der Waals surface area contributed by atoms with Crippen molar-refractivity contribution in [1.29, 1.82) is 0 Å². The largest absolute Gasteiger partial charge is 1.00 e. The second-order valence-corrected chi connectivity index (χ2v) is 12.6. The van der Waals surface area contributed by atoms with Crippen LogP contribution in [0.25, 0.3) is 0 Å². The summed E-state index contributed by atoms with van der Waals surface area (Å²) in [5.41, 5.74) is 0. The Bertz CT molecular complexity index is 157. The maximum Gasteiger partial charge on any atom is -1.00 e. The first-order valence-electron chi connectivity index (χ1n) is 6.17. The van der Waals surface area contributed by atoms with E-state index in [0.29, 0.717) is 6.61 Å². The summed E-state index contributed by atoms with van der Waals surface area (Å²) in [6.07, 6.45) is 5.39. The zero-order chi connectivity index (χ0) is 11.5. The number of hydrogen-bond donors (Lipinski definition) is 0. The molecule has 0 aliphatic rings. The second-order valence-electron chi connectivity index (χ2n) is 4.05. The summed E-state index contributed by atoms with van der Waals surface area (Å²) in [7, 11) is 0. The molecule has 0 atom stereocenters. The standard InChI is InChI=1S/C4H7O2.2C4H9.Sn.H/c1-3-6-4(2)5;2*1-3-4-2;;/h1,3H2,2H3;2*1,3-4H2,2H3;;/q;;;;-1. The molecule has 0 saturated heterocycles. The second kappa shape index (κ2) is 10.8. The van der Waals surface area contributed by atoms with E-state index in [9.17, 15) is 4.79 Å². The molecule has 0 unspecified atom stereocenters. The van der Waals surface area contributed by atoms with E-state index < -0.39 is 19.8 Å². The fourth-order valence-corrected chi connectivity index (χ4v) is 9.70. The van der Waals surface area contributed by atoms with E-state index in [2.05, 4.69) is 13.8 Å². The van der Waals surface area contributed by atoms with Gasteiger partial charge in [0.05, 0.1) is 0 Å². The van der Waals surface area contributed by atoms with Gasteiger partial charge in [0.25, 0.3) is 0 Å². The first-order valence-corrected chi connectivity index (χ1v) is 12.2. The zero-order valence-electron chi connectivity index (χ0n) is 11.5. The number of esters is 1. The summed E-state index contributed by atoms with van der Waals surface area (Å²) in [6, 6.07) is 0. The van der Waals surface area contributed by atoms with Crippen molar-refractivity contribution in [2.45, 2.75) is 59.8 Å². The molecule has 2 nitrogen and oxygen atoms in total. The number of ether oxygens (including phenoxy) is 1. The molecule has 0 aromatic rings. The first kappa shape index (κ1) is 15.3. The SMILES string of the molecule is CCC[CH2][Sn]([CH2]CCC)[CH2]COC(C)=O.[H-]. The van der Waals surface area contributed by atoms with Gasteiger partial charge in [-0.3, -0.25) is 0 Å². The quantitative estimate of drug-likeness (QED) is 0.477. The molecule has 0 aliphatic carbocycles. The van der Waals surface area contributed by atoms with Gasteiger partial charge in [-0.2, -0.15) is 0 Å². The van der Waals surface area contributed by atoms with Crippen LogP contribution in [0.2, 0.25) is 13.3 Å². The molecule has 0 rings (SSSR count). The molecule has 91 valence electrons. The Morgan fingerprint density at radius 1 is 1.13 bits per heavy atom. The van der Waals surface area contributed by atoms with Crippen LogP contribution >= 0.6 is 0 Å². The molecule has 3 heteroatoms. The van der Waals surface area contributed by atoms with E-state index >= 15 is 0 Å². The van der Waals surface area contributed by atoms with Gasteiger partial charge in [0, 0.05) is 0 Å². The van der Waals surface area contributed by atoms with E-state index in [-0.39, 0.29) is 7.40 Å². The van der Waals surface area contributed by atoms with E-state index in [1.54, 1.807) is 0 Å². The van der Waals surface area contributed by atoms with Gasteiger partial charge < -0.3 is 1.43 Å². The van der Waals surface area contributed by atoms with E-state index in [4.69, 9.17) is 4.74 Å². The van der Waals surface area contributed by atoms with Gasteiger partial charge in [0.1, 0.15) is 0 Å². The monoisotopic (exact) mass is 322 g/mol. The molecule has 0 aliphatic heterocycles. The van der Waals surface area contributed by atoms with Crippen molar-refractivity contribution < 1.29 is 11.0 Å². The predicted octanol–water partition coefficient (Wildman–Crippen LogP) is 3.76. The molecule has 0 N–H and O–H groups in total. The molecule has 1 radical (unpaired) electrons. The Morgan fingerprint density at radius 2 is 1.67 bits per heavy atom. The predicted molar refractivity (Wildman–Crippen MR) is 67.7 cm³/mol. The number of carbonyl (C=O) groups is 1. The van der Waals surface area contributed by atoms with E-state index in [0.717, 1.165) is 0 Å². The van der Waals surface area contributed by atoms with Crippen molar-refractivity contribution in [3.8, 4) is 0 Å². The summed E-state index contributed by atoms with van der Waals surface area (Å²) in [6.45, 7) is 6.71. The number of rotatable bonds is 9. The van der Waals surface area contributed by atoms with Crippen LogP contribution in [0.4, 0.5) is 0 Å². The summed E-state index contributed by atoms with van der Waals surface area (Å²) < 4.78 is 9.25. The van der Waals surface area contributed by atoms with Gasteiger partial charge >= 0.3 is 102 Å². The maximum absolute atomic E-state index is 10.7. The van der Waals surface area contributed by atoms with Crippen molar-refractivity contribution in [2.75, 3.05) is 6.61 Å². The van der Waals surface area contributed by atoms with Crippen molar-refractivity contribution in [3.05, 3.63) is 0 Å². The van der Waals surface area contributed by atoms with E-state index in [1.165, 1.54) is 45.9 Å². The molecular weight excluding hydrogens is 295 g/mol. The Morgan fingerprint density at radius 3 is 2.07 bits per heavy atom. The fourth-order valence-electron chi connectivity index (χ4n) is 1.57. The van der Waals surface area contributed by atoms with Crippen molar-refractivity contribution >= 4 is 25.7 Å². The molecule has 0 aromatic carbocycles. The molecule has 0 heterocycles. The van der Waals surface area contributed by atoms with Gasteiger partial charge in [-0.25, -0.2) is 0 Å². The van der Waals surface area contributed by atoms with Crippen LogP contribution < -0.4 is 0 Å². The molecule has 0 bridgehead atoms. The molecule has 0 fully saturated rings. The zero-order valence-corrected chi connectivity index (χ0v) is 13.3. The molecule has 0 aromatic heterocycles. The smallest absolute Gasteiger partial charge is 1.00 e. The number of hydrogen-bond acceptors (Lipinski definition) is 2. The Kier molecular flexibility index (Phi) is 11.0. The summed E-state index contributed by atoms with van der Waals surface area (Å²) >= 11 is -1.17. The molecular formula is C12H26O2Sn-. The van der Waals surface area contributed by atoms with Gasteiger partial charge in [-0.15, -0.1) is 0 Å². The van der Waals surface area contributed by atoms with Crippen LogP contribution in [0.15, 0.2) is 0 Å². The van der Waals surface area contributed by atoms with Crippen LogP contribution in [0.5, 0.6) is 0 Å². The van der Waals surface area contributed by atoms with Crippen LogP contribution in [-0.4, -0.2) is 32.3 Å². The third-order valence-electron chi connectivity index (χ3n) is 2.53. The first-order chi connectivity index (χ1) is 7.20. The van der Waals surface area contributed by atoms with Crippen LogP contribution in [0.1, 0.15) is 47.9 Å². The third-order valence-corrected chi connectivity index (χ3v) is 11.2. The molecule has 0 saturated carbocycles. The maximum atomic E-state index is 10.7. The summed E-state index contributed by atoms with van der Waals surface area (Å²) in [4.78, 5) is 10.7. The molecule has 0 amide bonds. The van der Waals surface area contributed by atoms with Gasteiger partial charge in [0.15, 0.2) is 0 Å². The minimum absolute atomic E-state index is 0. The van der Waals surface area contributed by atoms with Gasteiger partial charge in [0.2, 0.25) is 0 Å². The topological polar surface area (TPSA) is 26.3 Å².